The Morgan fingerprint density at radius 1 is 0.750 bits per heavy atom. The van der Waals surface area contributed by atoms with Crippen LogP contribution < -0.4 is 10.6 Å². The highest BCUT2D eigenvalue weighted by Gasteiger charge is 1.90. The fourth-order valence-corrected chi connectivity index (χ4v) is 1.63. The van der Waals surface area contributed by atoms with Gasteiger partial charge in [0.15, 0.2) is 0 Å². The van der Waals surface area contributed by atoms with Crippen molar-refractivity contribution in [3.8, 4) is 0 Å². The van der Waals surface area contributed by atoms with Crippen molar-refractivity contribution in [1.82, 2.24) is 10.6 Å². The molecule has 98 valence electrons. The third-order valence-electron chi connectivity index (χ3n) is 2.67. The molecule has 3 nitrogen and oxygen atoms in total. The first-order valence-corrected chi connectivity index (χ1v) is 6.82. The first-order valence-electron chi connectivity index (χ1n) is 6.82. The Morgan fingerprint density at radius 2 is 1.38 bits per heavy atom. The van der Waals surface area contributed by atoms with Crippen molar-refractivity contribution in [2.24, 2.45) is 0 Å². The van der Waals surface area contributed by atoms with E-state index in [0.717, 1.165) is 32.8 Å². The monoisotopic (exact) mass is 230 g/mol. The summed E-state index contributed by atoms with van der Waals surface area (Å²) in [6, 6.07) is 0. The quantitative estimate of drug-likeness (QED) is 0.476. The molecule has 0 aromatic rings. The third-order valence-corrected chi connectivity index (χ3v) is 2.67. The van der Waals surface area contributed by atoms with Crippen molar-refractivity contribution < 1.29 is 4.74 Å². The average molecular weight is 230 g/mol. The lowest BCUT2D eigenvalue weighted by atomic mass is 10.1. The molecule has 0 fully saturated rings. The molecule has 0 radical (unpaired) electrons. The lowest BCUT2D eigenvalue weighted by molar-refractivity contribution is 0.199. The molecule has 0 heterocycles. The molecule has 3 heteroatoms. The van der Waals surface area contributed by atoms with Crippen molar-refractivity contribution in [2.75, 3.05) is 39.9 Å². The van der Waals surface area contributed by atoms with Crippen molar-refractivity contribution >= 4 is 0 Å². The number of hydrogen-bond acceptors (Lipinski definition) is 3. The molecule has 0 amide bonds. The maximum Gasteiger partial charge on any atom is 0.0587 e. The number of nitrogens with one attached hydrogen (secondary N) is 2. The second kappa shape index (κ2) is 14.9. The molecule has 0 aromatic heterocycles. The van der Waals surface area contributed by atoms with Gasteiger partial charge < -0.3 is 15.4 Å². The van der Waals surface area contributed by atoms with Gasteiger partial charge in [0.25, 0.3) is 0 Å². The van der Waals surface area contributed by atoms with Crippen LogP contribution in [0.1, 0.15) is 45.4 Å². The van der Waals surface area contributed by atoms with E-state index in [-0.39, 0.29) is 0 Å². The van der Waals surface area contributed by atoms with Gasteiger partial charge in [-0.25, -0.2) is 0 Å². The van der Waals surface area contributed by atoms with Crippen LogP contribution in [0.5, 0.6) is 0 Å². The third kappa shape index (κ3) is 13.9. The van der Waals surface area contributed by atoms with E-state index in [2.05, 4.69) is 17.6 Å². The highest BCUT2D eigenvalue weighted by Crippen LogP contribution is 2.03. The molecule has 0 aromatic carbocycles. The first kappa shape index (κ1) is 15.9. The number of hydrogen-bond donors (Lipinski definition) is 2. The molecule has 0 saturated carbocycles. The van der Waals surface area contributed by atoms with Crippen molar-refractivity contribution in [3.63, 3.8) is 0 Å². The summed E-state index contributed by atoms with van der Waals surface area (Å²) in [6.07, 6.45) is 8.25. The van der Waals surface area contributed by atoms with E-state index >= 15 is 0 Å². The molecule has 0 spiro atoms. The van der Waals surface area contributed by atoms with Gasteiger partial charge in [-0.2, -0.15) is 0 Å². The van der Waals surface area contributed by atoms with E-state index in [4.69, 9.17) is 4.74 Å². The van der Waals surface area contributed by atoms with Crippen LogP contribution in [0.15, 0.2) is 0 Å². The van der Waals surface area contributed by atoms with E-state index in [0.29, 0.717) is 0 Å². The number of rotatable bonds is 13. The Bertz CT molecular complexity index is 107. The SMILES string of the molecule is CCCCCCCCNCCNCCOC. The van der Waals surface area contributed by atoms with Gasteiger partial charge in [-0.05, 0) is 13.0 Å². The first-order chi connectivity index (χ1) is 7.91. The summed E-state index contributed by atoms with van der Waals surface area (Å²) in [5.41, 5.74) is 0. The minimum atomic E-state index is 0.803. The minimum absolute atomic E-state index is 0.803. The number of ether oxygens (including phenoxy) is 1. The largest absolute Gasteiger partial charge is 0.383 e. The fourth-order valence-electron chi connectivity index (χ4n) is 1.63. The Balaban J connectivity index is 2.83. The Labute approximate surface area is 101 Å². The van der Waals surface area contributed by atoms with E-state index < -0.39 is 0 Å². The molecule has 2 N–H and O–H groups in total. The van der Waals surface area contributed by atoms with Crippen molar-refractivity contribution in [1.29, 1.82) is 0 Å². The zero-order chi connectivity index (χ0) is 11.9. The van der Waals surface area contributed by atoms with Gasteiger partial charge in [0.2, 0.25) is 0 Å². The second-order valence-electron chi connectivity index (χ2n) is 4.26. The lowest BCUT2D eigenvalue weighted by Gasteiger charge is -2.06. The van der Waals surface area contributed by atoms with Gasteiger partial charge in [-0.1, -0.05) is 39.0 Å². The normalized spacial score (nSPS) is 10.9. The zero-order valence-corrected chi connectivity index (χ0v) is 11.2. The summed E-state index contributed by atoms with van der Waals surface area (Å²) in [5.74, 6) is 0. The molecule has 0 saturated heterocycles. The summed E-state index contributed by atoms with van der Waals surface area (Å²) in [5, 5.41) is 6.77. The molecular weight excluding hydrogens is 200 g/mol. The summed E-state index contributed by atoms with van der Waals surface area (Å²) in [7, 11) is 1.73. The van der Waals surface area contributed by atoms with Crippen molar-refractivity contribution in [3.05, 3.63) is 0 Å². The molecule has 0 aliphatic rings. The van der Waals surface area contributed by atoms with Crippen LogP contribution in [0.4, 0.5) is 0 Å². The standard InChI is InChI=1S/C13H30N2O/c1-3-4-5-6-7-8-9-14-10-11-15-12-13-16-2/h14-15H,3-13H2,1-2H3. The maximum atomic E-state index is 4.95. The van der Waals surface area contributed by atoms with Gasteiger partial charge in [0, 0.05) is 26.7 Å². The van der Waals surface area contributed by atoms with Crippen LogP contribution in [0.3, 0.4) is 0 Å². The van der Waals surface area contributed by atoms with Crippen LogP contribution in [-0.2, 0) is 4.74 Å². The minimum Gasteiger partial charge on any atom is -0.383 e. The zero-order valence-electron chi connectivity index (χ0n) is 11.2. The topological polar surface area (TPSA) is 33.3 Å². The van der Waals surface area contributed by atoms with Gasteiger partial charge in [-0.3, -0.25) is 0 Å². The van der Waals surface area contributed by atoms with E-state index in [9.17, 15) is 0 Å². The second-order valence-corrected chi connectivity index (χ2v) is 4.26. The van der Waals surface area contributed by atoms with Gasteiger partial charge in [0.05, 0.1) is 6.61 Å². The molecule has 16 heavy (non-hydrogen) atoms. The smallest absolute Gasteiger partial charge is 0.0587 e. The van der Waals surface area contributed by atoms with Gasteiger partial charge in [0.1, 0.15) is 0 Å². The maximum absolute atomic E-state index is 4.95. The van der Waals surface area contributed by atoms with E-state index in [1.54, 1.807) is 7.11 Å². The number of unbranched alkanes of at least 4 members (excludes halogenated alkanes) is 5. The summed E-state index contributed by atoms with van der Waals surface area (Å²) in [4.78, 5) is 0. The van der Waals surface area contributed by atoms with Crippen LogP contribution in [-0.4, -0.2) is 39.9 Å². The summed E-state index contributed by atoms with van der Waals surface area (Å²) >= 11 is 0. The van der Waals surface area contributed by atoms with E-state index in [1.165, 1.54) is 38.5 Å². The van der Waals surface area contributed by atoms with Crippen LogP contribution in [0.25, 0.3) is 0 Å². The molecule has 0 rings (SSSR count). The Hall–Kier alpha value is -0.120. The van der Waals surface area contributed by atoms with Crippen molar-refractivity contribution in [2.45, 2.75) is 45.4 Å². The lowest BCUT2D eigenvalue weighted by Crippen LogP contribution is -2.29. The Morgan fingerprint density at radius 3 is 2.06 bits per heavy atom. The van der Waals surface area contributed by atoms with E-state index in [1.807, 2.05) is 0 Å². The predicted octanol–water partition coefficient (Wildman–Crippen LogP) is 2.17. The van der Waals surface area contributed by atoms with Crippen LogP contribution in [0, 0.1) is 0 Å². The average Bonchev–Trinajstić information content (AvgIpc) is 2.31. The molecule has 0 aliphatic heterocycles. The molecule has 0 unspecified atom stereocenters. The summed E-state index contributed by atoms with van der Waals surface area (Å²) in [6.45, 7) is 7.29. The highest BCUT2D eigenvalue weighted by atomic mass is 16.5. The Kier molecular flexibility index (Phi) is 14.8. The molecular formula is C13H30N2O. The fraction of sp³-hybridized carbons (Fsp3) is 1.00. The number of methoxy groups -OCH3 is 1. The molecule has 0 atom stereocenters. The summed E-state index contributed by atoms with van der Waals surface area (Å²) < 4.78 is 4.95. The molecule has 0 bridgehead atoms. The van der Waals surface area contributed by atoms with Gasteiger partial charge >= 0.3 is 0 Å². The predicted molar refractivity (Wildman–Crippen MR) is 71.0 cm³/mol. The van der Waals surface area contributed by atoms with Crippen LogP contribution in [0.2, 0.25) is 0 Å². The molecule has 0 aliphatic carbocycles. The van der Waals surface area contributed by atoms with Gasteiger partial charge in [-0.15, -0.1) is 0 Å². The van der Waals surface area contributed by atoms with Crippen LogP contribution >= 0.6 is 0 Å². The highest BCUT2D eigenvalue weighted by molar-refractivity contribution is 4.52.